The molecule has 0 aromatic heterocycles. The fourth-order valence-corrected chi connectivity index (χ4v) is 3.08. The van der Waals surface area contributed by atoms with Crippen molar-refractivity contribution in [3.63, 3.8) is 0 Å². The summed E-state index contributed by atoms with van der Waals surface area (Å²) in [7, 11) is 0. The van der Waals surface area contributed by atoms with Gasteiger partial charge in [-0.25, -0.2) is 0 Å². The van der Waals surface area contributed by atoms with Gasteiger partial charge >= 0.3 is 0 Å². The molecule has 1 aromatic rings. The molecule has 0 radical (unpaired) electrons. The zero-order valence-corrected chi connectivity index (χ0v) is 14.9. The van der Waals surface area contributed by atoms with Gasteiger partial charge in [-0.15, -0.1) is 0 Å². The molecule has 0 bridgehead atoms. The molecule has 118 valence electrons. The quantitative estimate of drug-likeness (QED) is 0.802. The van der Waals surface area contributed by atoms with Crippen molar-refractivity contribution < 1.29 is 4.74 Å². The Morgan fingerprint density at radius 1 is 1.43 bits per heavy atom. The van der Waals surface area contributed by atoms with E-state index in [4.69, 9.17) is 4.74 Å². The maximum absolute atomic E-state index is 5.81. The second-order valence-corrected chi connectivity index (χ2v) is 6.90. The van der Waals surface area contributed by atoms with Crippen LogP contribution in [0.15, 0.2) is 22.7 Å². The van der Waals surface area contributed by atoms with Gasteiger partial charge in [-0.05, 0) is 37.5 Å². The predicted molar refractivity (Wildman–Crippen MR) is 93.0 cm³/mol. The minimum absolute atomic E-state index is 0.384. The highest BCUT2D eigenvalue weighted by atomic mass is 79.9. The Bertz CT molecular complexity index is 444. The van der Waals surface area contributed by atoms with Crippen molar-refractivity contribution >= 4 is 21.6 Å². The Hall–Kier alpha value is -0.580. The van der Waals surface area contributed by atoms with Crippen LogP contribution in [0, 0.1) is 0 Å². The first kappa shape index (κ1) is 16.8. The van der Waals surface area contributed by atoms with Gasteiger partial charge in [0.2, 0.25) is 0 Å². The molecule has 1 heterocycles. The lowest BCUT2D eigenvalue weighted by Crippen LogP contribution is -2.33. The highest BCUT2D eigenvalue weighted by Crippen LogP contribution is 2.27. The highest BCUT2D eigenvalue weighted by molar-refractivity contribution is 9.10. The normalized spacial score (nSPS) is 18.4. The molecular weight excluding hydrogens is 328 g/mol. The van der Waals surface area contributed by atoms with Crippen molar-refractivity contribution in [2.24, 2.45) is 0 Å². The first-order valence-corrected chi connectivity index (χ1v) is 8.77. The number of hydrogen-bond acceptors (Lipinski definition) is 3. The van der Waals surface area contributed by atoms with E-state index in [0.29, 0.717) is 12.1 Å². The average molecular weight is 355 g/mol. The van der Waals surface area contributed by atoms with Gasteiger partial charge in [0.05, 0.1) is 6.10 Å². The summed E-state index contributed by atoms with van der Waals surface area (Å²) in [6.45, 7) is 10.4. The van der Waals surface area contributed by atoms with E-state index in [2.05, 4.69) is 65.1 Å². The van der Waals surface area contributed by atoms with Crippen LogP contribution in [-0.2, 0) is 11.3 Å². The van der Waals surface area contributed by atoms with Crippen LogP contribution in [0.4, 0.5) is 5.69 Å². The van der Waals surface area contributed by atoms with Crippen molar-refractivity contribution in [3.8, 4) is 0 Å². The van der Waals surface area contributed by atoms with E-state index in [0.717, 1.165) is 30.7 Å². The summed E-state index contributed by atoms with van der Waals surface area (Å²) in [4.78, 5) is 2.44. The largest absolute Gasteiger partial charge is 0.376 e. The topological polar surface area (TPSA) is 24.5 Å². The van der Waals surface area contributed by atoms with E-state index in [1.54, 1.807) is 0 Å². The number of ether oxygens (including phenoxy) is 1. The van der Waals surface area contributed by atoms with Crippen molar-refractivity contribution in [2.45, 2.75) is 52.3 Å². The standard InChI is InChI=1S/C17H27BrN2O/c1-4-20(12-16-6-5-9-21-16)17-10-15(18)8-7-14(17)11-19-13(2)3/h7-8,10,13,16,19H,4-6,9,11-12H2,1-3H3. The summed E-state index contributed by atoms with van der Waals surface area (Å²) in [5, 5.41) is 3.52. The van der Waals surface area contributed by atoms with Gasteiger partial charge in [0.1, 0.15) is 0 Å². The average Bonchev–Trinajstić information content (AvgIpc) is 2.96. The molecule has 0 amide bonds. The number of anilines is 1. The third-order valence-electron chi connectivity index (χ3n) is 3.92. The minimum atomic E-state index is 0.384. The van der Waals surface area contributed by atoms with Crippen LogP contribution in [0.1, 0.15) is 39.2 Å². The van der Waals surface area contributed by atoms with Crippen LogP contribution < -0.4 is 10.2 Å². The van der Waals surface area contributed by atoms with E-state index >= 15 is 0 Å². The van der Waals surface area contributed by atoms with E-state index in [1.165, 1.54) is 24.1 Å². The molecule has 1 aliphatic heterocycles. The second kappa shape index (κ2) is 8.16. The third-order valence-corrected chi connectivity index (χ3v) is 4.41. The lowest BCUT2D eigenvalue weighted by Gasteiger charge is -2.29. The van der Waals surface area contributed by atoms with Crippen LogP contribution in [0.5, 0.6) is 0 Å². The molecule has 2 rings (SSSR count). The van der Waals surface area contributed by atoms with Crippen LogP contribution >= 0.6 is 15.9 Å². The van der Waals surface area contributed by atoms with Crippen LogP contribution in [0.2, 0.25) is 0 Å². The maximum atomic E-state index is 5.81. The summed E-state index contributed by atoms with van der Waals surface area (Å²) in [6, 6.07) is 7.07. The summed E-state index contributed by atoms with van der Waals surface area (Å²) in [6.07, 6.45) is 2.77. The van der Waals surface area contributed by atoms with Gasteiger partial charge in [-0.3, -0.25) is 0 Å². The van der Waals surface area contributed by atoms with Gasteiger partial charge < -0.3 is 15.0 Å². The van der Waals surface area contributed by atoms with Crippen molar-refractivity contribution in [1.29, 1.82) is 0 Å². The Labute approximate surface area is 137 Å². The summed E-state index contributed by atoms with van der Waals surface area (Å²) in [5.74, 6) is 0. The molecule has 1 aromatic carbocycles. The van der Waals surface area contributed by atoms with Crippen LogP contribution in [0.3, 0.4) is 0 Å². The molecule has 1 atom stereocenters. The molecule has 0 aliphatic carbocycles. The van der Waals surface area contributed by atoms with Crippen molar-refractivity contribution in [3.05, 3.63) is 28.2 Å². The van der Waals surface area contributed by atoms with Crippen molar-refractivity contribution in [2.75, 3.05) is 24.6 Å². The first-order chi connectivity index (χ1) is 10.1. The van der Waals surface area contributed by atoms with Gasteiger partial charge in [0, 0.05) is 42.4 Å². The monoisotopic (exact) mass is 354 g/mol. The van der Waals surface area contributed by atoms with Gasteiger partial charge in [0.15, 0.2) is 0 Å². The number of benzene rings is 1. The Balaban J connectivity index is 2.14. The van der Waals surface area contributed by atoms with Gasteiger partial charge in [-0.2, -0.15) is 0 Å². The smallest absolute Gasteiger partial charge is 0.0750 e. The molecule has 3 nitrogen and oxygen atoms in total. The number of nitrogens with one attached hydrogen (secondary N) is 1. The molecule has 1 fully saturated rings. The molecule has 4 heteroatoms. The number of halogens is 1. The third kappa shape index (κ3) is 4.97. The SMILES string of the molecule is CCN(CC1CCCO1)c1cc(Br)ccc1CNC(C)C. The molecule has 1 saturated heterocycles. The number of hydrogen-bond donors (Lipinski definition) is 1. The first-order valence-electron chi connectivity index (χ1n) is 7.98. The predicted octanol–water partition coefficient (Wildman–Crippen LogP) is 3.95. The molecule has 1 unspecified atom stereocenters. The summed E-state index contributed by atoms with van der Waals surface area (Å²) < 4.78 is 6.94. The van der Waals surface area contributed by atoms with Crippen LogP contribution in [-0.4, -0.2) is 31.8 Å². The molecule has 21 heavy (non-hydrogen) atoms. The Kier molecular flexibility index (Phi) is 6.52. The Morgan fingerprint density at radius 2 is 2.24 bits per heavy atom. The molecule has 0 saturated carbocycles. The van der Waals surface area contributed by atoms with Crippen molar-refractivity contribution in [1.82, 2.24) is 5.32 Å². The molecular formula is C17H27BrN2O. The lowest BCUT2D eigenvalue weighted by molar-refractivity contribution is 0.115. The minimum Gasteiger partial charge on any atom is -0.376 e. The maximum Gasteiger partial charge on any atom is 0.0750 e. The van der Waals surface area contributed by atoms with Gasteiger partial charge in [-0.1, -0.05) is 35.8 Å². The number of nitrogens with zero attached hydrogens (tertiary/aromatic N) is 1. The summed E-state index contributed by atoms with van der Waals surface area (Å²) >= 11 is 3.61. The zero-order valence-electron chi connectivity index (χ0n) is 13.4. The van der Waals surface area contributed by atoms with Gasteiger partial charge in [0.25, 0.3) is 0 Å². The van der Waals surface area contributed by atoms with Crippen LogP contribution in [0.25, 0.3) is 0 Å². The van der Waals surface area contributed by atoms with E-state index < -0.39 is 0 Å². The highest BCUT2D eigenvalue weighted by Gasteiger charge is 2.20. The van der Waals surface area contributed by atoms with E-state index in [1.807, 2.05) is 0 Å². The van der Waals surface area contributed by atoms with E-state index in [-0.39, 0.29) is 0 Å². The zero-order chi connectivity index (χ0) is 15.2. The number of rotatable bonds is 7. The molecule has 1 aliphatic rings. The lowest BCUT2D eigenvalue weighted by atomic mass is 10.1. The summed E-state index contributed by atoms with van der Waals surface area (Å²) in [5.41, 5.74) is 2.67. The Morgan fingerprint density at radius 3 is 2.86 bits per heavy atom. The molecule has 1 N–H and O–H groups in total. The van der Waals surface area contributed by atoms with E-state index in [9.17, 15) is 0 Å². The fourth-order valence-electron chi connectivity index (χ4n) is 2.73. The molecule has 0 spiro atoms. The number of likely N-dealkylation sites (N-methyl/N-ethyl adjacent to an activating group) is 1. The fraction of sp³-hybridized carbons (Fsp3) is 0.647. The second-order valence-electron chi connectivity index (χ2n) is 5.98.